The summed E-state index contributed by atoms with van der Waals surface area (Å²) >= 11 is 0. The summed E-state index contributed by atoms with van der Waals surface area (Å²) in [6.45, 7) is 6.44. The van der Waals surface area contributed by atoms with Gasteiger partial charge in [-0.15, -0.1) is 0 Å². The number of carbonyl (C=O) groups excluding carboxylic acids is 2. The van der Waals surface area contributed by atoms with Crippen molar-refractivity contribution in [3.63, 3.8) is 0 Å². The van der Waals surface area contributed by atoms with Crippen LogP contribution in [0.5, 0.6) is 5.75 Å². The standard InChI is InChI=1S/C21H24N2O3/c1-14(2)20(24)22-18-9-10-19-17(11-18)13-23(21(25)15(3)26-19)12-16-7-5-4-6-8-16/h4-11,14-15H,12-13H2,1-3H3,(H,22,24). The number of benzene rings is 2. The van der Waals surface area contributed by atoms with Crippen LogP contribution in [0.25, 0.3) is 0 Å². The molecular weight excluding hydrogens is 328 g/mol. The maximum atomic E-state index is 12.7. The van der Waals surface area contributed by atoms with E-state index in [1.807, 2.05) is 62.4 Å². The quantitative estimate of drug-likeness (QED) is 0.915. The average Bonchev–Trinajstić information content (AvgIpc) is 2.73. The van der Waals surface area contributed by atoms with Crippen LogP contribution in [0.1, 0.15) is 31.9 Å². The van der Waals surface area contributed by atoms with Crippen molar-refractivity contribution in [2.24, 2.45) is 5.92 Å². The van der Waals surface area contributed by atoms with Crippen LogP contribution >= 0.6 is 0 Å². The zero-order chi connectivity index (χ0) is 18.7. The van der Waals surface area contributed by atoms with Gasteiger partial charge >= 0.3 is 0 Å². The fraction of sp³-hybridized carbons (Fsp3) is 0.333. The monoisotopic (exact) mass is 352 g/mol. The molecule has 0 saturated carbocycles. The molecule has 1 aliphatic heterocycles. The highest BCUT2D eigenvalue weighted by Gasteiger charge is 2.28. The molecule has 136 valence electrons. The summed E-state index contributed by atoms with van der Waals surface area (Å²) in [5, 5.41) is 2.90. The molecule has 5 nitrogen and oxygen atoms in total. The fourth-order valence-corrected chi connectivity index (χ4v) is 2.90. The molecule has 1 atom stereocenters. The summed E-state index contributed by atoms with van der Waals surface area (Å²) in [5.74, 6) is 0.507. The van der Waals surface area contributed by atoms with Crippen molar-refractivity contribution in [2.75, 3.05) is 5.32 Å². The normalized spacial score (nSPS) is 16.7. The smallest absolute Gasteiger partial charge is 0.263 e. The molecule has 1 heterocycles. The Morgan fingerprint density at radius 1 is 1.23 bits per heavy atom. The highest BCUT2D eigenvalue weighted by Crippen LogP contribution is 2.29. The second-order valence-corrected chi connectivity index (χ2v) is 6.91. The number of hydrogen-bond acceptors (Lipinski definition) is 3. The van der Waals surface area contributed by atoms with Crippen LogP contribution in [0.4, 0.5) is 5.69 Å². The molecule has 3 rings (SSSR count). The largest absolute Gasteiger partial charge is 0.481 e. The number of nitrogens with zero attached hydrogens (tertiary/aromatic N) is 1. The number of amides is 2. The van der Waals surface area contributed by atoms with E-state index < -0.39 is 6.10 Å². The maximum absolute atomic E-state index is 12.7. The Morgan fingerprint density at radius 2 is 1.96 bits per heavy atom. The van der Waals surface area contributed by atoms with Crippen molar-refractivity contribution in [1.82, 2.24) is 4.90 Å². The van der Waals surface area contributed by atoms with Crippen LogP contribution in [0, 0.1) is 5.92 Å². The number of hydrogen-bond donors (Lipinski definition) is 1. The molecule has 1 unspecified atom stereocenters. The SMILES string of the molecule is CC(C)C(=O)Nc1ccc2c(c1)CN(Cc1ccccc1)C(=O)C(C)O2. The summed E-state index contributed by atoms with van der Waals surface area (Å²) in [5.41, 5.74) is 2.67. The Bertz CT molecular complexity index is 802. The Hall–Kier alpha value is -2.82. The lowest BCUT2D eigenvalue weighted by molar-refractivity contribution is -0.138. The van der Waals surface area contributed by atoms with Crippen molar-refractivity contribution >= 4 is 17.5 Å². The average molecular weight is 352 g/mol. The van der Waals surface area contributed by atoms with Gasteiger partial charge in [0, 0.05) is 30.3 Å². The van der Waals surface area contributed by atoms with Gasteiger partial charge in [0.2, 0.25) is 5.91 Å². The summed E-state index contributed by atoms with van der Waals surface area (Å²) < 4.78 is 5.84. The first-order valence-electron chi connectivity index (χ1n) is 8.87. The summed E-state index contributed by atoms with van der Waals surface area (Å²) in [4.78, 5) is 26.4. The number of anilines is 1. The third-order valence-electron chi connectivity index (χ3n) is 4.39. The molecule has 0 aromatic heterocycles. The number of ether oxygens (including phenoxy) is 1. The Labute approximate surface area is 154 Å². The maximum Gasteiger partial charge on any atom is 0.263 e. The zero-order valence-electron chi connectivity index (χ0n) is 15.4. The third-order valence-corrected chi connectivity index (χ3v) is 4.39. The van der Waals surface area contributed by atoms with Gasteiger partial charge in [-0.3, -0.25) is 9.59 Å². The van der Waals surface area contributed by atoms with Gasteiger partial charge in [-0.2, -0.15) is 0 Å². The first kappa shape index (κ1) is 18.0. The molecule has 2 amide bonds. The molecule has 0 saturated heterocycles. The highest BCUT2D eigenvalue weighted by molar-refractivity contribution is 5.92. The first-order chi connectivity index (χ1) is 12.4. The van der Waals surface area contributed by atoms with Crippen LogP contribution in [0.15, 0.2) is 48.5 Å². The molecule has 0 fully saturated rings. The van der Waals surface area contributed by atoms with Crippen molar-refractivity contribution < 1.29 is 14.3 Å². The van der Waals surface area contributed by atoms with Crippen LogP contribution < -0.4 is 10.1 Å². The predicted molar refractivity (Wildman–Crippen MR) is 101 cm³/mol. The van der Waals surface area contributed by atoms with Gasteiger partial charge in [0.25, 0.3) is 5.91 Å². The van der Waals surface area contributed by atoms with Gasteiger partial charge in [0.1, 0.15) is 5.75 Å². The van der Waals surface area contributed by atoms with E-state index in [9.17, 15) is 9.59 Å². The third kappa shape index (κ3) is 4.04. The minimum absolute atomic E-state index is 0.0370. The molecule has 0 spiro atoms. The second-order valence-electron chi connectivity index (χ2n) is 6.91. The molecule has 26 heavy (non-hydrogen) atoms. The van der Waals surface area contributed by atoms with Crippen LogP contribution in [0.2, 0.25) is 0 Å². The van der Waals surface area contributed by atoms with E-state index in [1.165, 1.54) is 0 Å². The van der Waals surface area contributed by atoms with E-state index in [0.29, 0.717) is 24.5 Å². The number of nitrogens with one attached hydrogen (secondary N) is 1. The van der Waals surface area contributed by atoms with E-state index in [2.05, 4.69) is 5.32 Å². The fourth-order valence-electron chi connectivity index (χ4n) is 2.90. The Morgan fingerprint density at radius 3 is 2.65 bits per heavy atom. The highest BCUT2D eigenvalue weighted by atomic mass is 16.5. The van der Waals surface area contributed by atoms with E-state index in [1.54, 1.807) is 11.8 Å². The minimum atomic E-state index is -0.545. The molecule has 0 aliphatic carbocycles. The second kappa shape index (κ2) is 7.60. The number of fused-ring (bicyclic) bond motifs is 1. The number of carbonyl (C=O) groups is 2. The topological polar surface area (TPSA) is 58.6 Å². The van der Waals surface area contributed by atoms with Gasteiger partial charge in [-0.1, -0.05) is 44.2 Å². The van der Waals surface area contributed by atoms with Crippen LogP contribution in [0.3, 0.4) is 0 Å². The molecule has 1 aliphatic rings. The van der Waals surface area contributed by atoms with E-state index in [0.717, 1.165) is 11.1 Å². The Kier molecular flexibility index (Phi) is 5.26. The van der Waals surface area contributed by atoms with Gasteiger partial charge < -0.3 is 15.0 Å². The lowest BCUT2D eigenvalue weighted by atomic mass is 10.1. The summed E-state index contributed by atoms with van der Waals surface area (Å²) in [6, 6.07) is 15.4. The zero-order valence-corrected chi connectivity index (χ0v) is 15.4. The lowest BCUT2D eigenvalue weighted by Crippen LogP contribution is -2.37. The molecule has 1 N–H and O–H groups in total. The molecule has 0 bridgehead atoms. The molecule has 0 radical (unpaired) electrons. The van der Waals surface area contributed by atoms with Gasteiger partial charge in [0.05, 0.1) is 0 Å². The van der Waals surface area contributed by atoms with Crippen molar-refractivity contribution in [2.45, 2.75) is 40.0 Å². The van der Waals surface area contributed by atoms with Crippen LogP contribution in [-0.2, 0) is 22.7 Å². The van der Waals surface area contributed by atoms with E-state index in [-0.39, 0.29) is 17.7 Å². The molecular formula is C21H24N2O3. The van der Waals surface area contributed by atoms with E-state index >= 15 is 0 Å². The summed E-state index contributed by atoms with van der Waals surface area (Å²) in [7, 11) is 0. The lowest BCUT2D eigenvalue weighted by Gasteiger charge is -2.22. The van der Waals surface area contributed by atoms with Gasteiger partial charge in [-0.25, -0.2) is 0 Å². The molecule has 2 aromatic carbocycles. The number of rotatable bonds is 4. The minimum Gasteiger partial charge on any atom is -0.481 e. The predicted octanol–water partition coefficient (Wildman–Crippen LogP) is 3.59. The van der Waals surface area contributed by atoms with Gasteiger partial charge in [0.15, 0.2) is 6.10 Å². The van der Waals surface area contributed by atoms with Gasteiger partial charge in [-0.05, 0) is 30.7 Å². The Balaban J connectivity index is 1.85. The first-order valence-corrected chi connectivity index (χ1v) is 8.87. The van der Waals surface area contributed by atoms with Crippen LogP contribution in [-0.4, -0.2) is 22.8 Å². The van der Waals surface area contributed by atoms with Crippen molar-refractivity contribution in [1.29, 1.82) is 0 Å². The molecule has 5 heteroatoms. The van der Waals surface area contributed by atoms with Crippen molar-refractivity contribution in [3.8, 4) is 5.75 Å². The summed E-state index contributed by atoms with van der Waals surface area (Å²) in [6.07, 6.45) is -0.545. The van der Waals surface area contributed by atoms with Crippen molar-refractivity contribution in [3.05, 3.63) is 59.7 Å². The van der Waals surface area contributed by atoms with E-state index in [4.69, 9.17) is 4.74 Å². The molecule has 2 aromatic rings.